The first kappa shape index (κ1) is 9.45. The highest BCUT2D eigenvalue weighted by Gasteiger charge is 2.33. The van der Waals surface area contributed by atoms with Gasteiger partial charge < -0.3 is 0 Å². The second-order valence-corrected chi connectivity index (χ2v) is 4.55. The molecule has 0 heterocycles. The van der Waals surface area contributed by atoms with E-state index in [9.17, 15) is 4.79 Å². The van der Waals surface area contributed by atoms with Crippen molar-refractivity contribution in [3.05, 3.63) is 35.4 Å². The number of hydrogen-bond acceptors (Lipinski definition) is 1. The number of rotatable bonds is 2. The number of hydrogen-bond donors (Lipinski definition) is 0. The molecule has 0 aliphatic heterocycles. The SMILES string of the molecule is CC(=O)c1ccc(C2(C)CCC2)cc1. The van der Waals surface area contributed by atoms with Crippen LogP contribution in [0.15, 0.2) is 24.3 Å². The Balaban J connectivity index is 2.25. The molecule has 0 saturated heterocycles. The van der Waals surface area contributed by atoms with Gasteiger partial charge in [0.15, 0.2) is 5.78 Å². The van der Waals surface area contributed by atoms with Gasteiger partial charge in [0.2, 0.25) is 0 Å². The average molecular weight is 188 g/mol. The van der Waals surface area contributed by atoms with Gasteiger partial charge in [0.05, 0.1) is 0 Å². The van der Waals surface area contributed by atoms with Gasteiger partial charge in [0, 0.05) is 5.56 Å². The quantitative estimate of drug-likeness (QED) is 0.650. The minimum atomic E-state index is 0.148. The summed E-state index contributed by atoms with van der Waals surface area (Å²) < 4.78 is 0. The highest BCUT2D eigenvalue weighted by Crippen LogP contribution is 2.42. The molecule has 1 heteroatoms. The zero-order valence-electron chi connectivity index (χ0n) is 8.84. The van der Waals surface area contributed by atoms with Crippen LogP contribution in [0.2, 0.25) is 0 Å². The maximum Gasteiger partial charge on any atom is 0.159 e. The Morgan fingerprint density at radius 3 is 2.14 bits per heavy atom. The fraction of sp³-hybridized carbons (Fsp3) is 0.462. The Labute approximate surface area is 85.1 Å². The van der Waals surface area contributed by atoms with Gasteiger partial charge in [-0.25, -0.2) is 0 Å². The third kappa shape index (κ3) is 1.47. The lowest BCUT2D eigenvalue weighted by molar-refractivity contribution is 0.101. The van der Waals surface area contributed by atoms with E-state index in [4.69, 9.17) is 0 Å². The number of ketones is 1. The summed E-state index contributed by atoms with van der Waals surface area (Å²) >= 11 is 0. The summed E-state index contributed by atoms with van der Waals surface area (Å²) in [5.41, 5.74) is 2.58. The van der Waals surface area contributed by atoms with Gasteiger partial charge >= 0.3 is 0 Å². The van der Waals surface area contributed by atoms with Gasteiger partial charge in [-0.1, -0.05) is 37.6 Å². The summed E-state index contributed by atoms with van der Waals surface area (Å²) in [4.78, 5) is 11.1. The van der Waals surface area contributed by atoms with Crippen LogP contribution in [0.25, 0.3) is 0 Å². The number of carbonyl (C=O) groups excluding carboxylic acids is 1. The normalized spacial score (nSPS) is 18.7. The third-order valence-electron chi connectivity index (χ3n) is 3.45. The van der Waals surface area contributed by atoms with Crippen molar-refractivity contribution in [1.29, 1.82) is 0 Å². The molecule has 0 unspecified atom stereocenters. The van der Waals surface area contributed by atoms with Crippen LogP contribution in [0.3, 0.4) is 0 Å². The molecular formula is C13H16O. The summed E-state index contributed by atoms with van der Waals surface area (Å²) in [5, 5.41) is 0. The molecule has 0 aromatic heterocycles. The third-order valence-corrected chi connectivity index (χ3v) is 3.45. The van der Waals surface area contributed by atoms with Crippen molar-refractivity contribution in [3.8, 4) is 0 Å². The molecular weight excluding hydrogens is 172 g/mol. The molecule has 14 heavy (non-hydrogen) atoms. The van der Waals surface area contributed by atoms with Gasteiger partial charge in [0.25, 0.3) is 0 Å². The second-order valence-electron chi connectivity index (χ2n) is 4.55. The van der Waals surface area contributed by atoms with Gasteiger partial charge in [-0.2, -0.15) is 0 Å². The summed E-state index contributed by atoms with van der Waals surface area (Å²) in [6, 6.07) is 8.11. The predicted molar refractivity (Wildman–Crippen MR) is 57.6 cm³/mol. The molecule has 0 amide bonds. The number of carbonyl (C=O) groups is 1. The molecule has 1 aliphatic carbocycles. The Morgan fingerprint density at radius 2 is 1.79 bits per heavy atom. The van der Waals surface area contributed by atoms with E-state index in [2.05, 4.69) is 19.1 Å². The molecule has 1 aromatic carbocycles. The van der Waals surface area contributed by atoms with E-state index in [1.165, 1.54) is 24.8 Å². The van der Waals surface area contributed by atoms with E-state index in [1.807, 2.05) is 12.1 Å². The van der Waals surface area contributed by atoms with Crippen molar-refractivity contribution in [1.82, 2.24) is 0 Å². The molecule has 0 bridgehead atoms. The molecule has 1 nitrogen and oxygen atoms in total. The van der Waals surface area contributed by atoms with Gasteiger partial charge in [-0.15, -0.1) is 0 Å². The highest BCUT2D eigenvalue weighted by molar-refractivity contribution is 5.94. The van der Waals surface area contributed by atoms with Gasteiger partial charge in [-0.05, 0) is 30.7 Å². The average Bonchev–Trinajstić information content (AvgIpc) is 2.14. The summed E-state index contributed by atoms with van der Waals surface area (Å²) in [5.74, 6) is 0.148. The predicted octanol–water partition coefficient (Wildman–Crippen LogP) is 3.33. The fourth-order valence-electron chi connectivity index (χ4n) is 2.10. The van der Waals surface area contributed by atoms with Crippen LogP contribution in [0.4, 0.5) is 0 Å². The lowest BCUT2D eigenvalue weighted by Gasteiger charge is -2.39. The first-order valence-corrected chi connectivity index (χ1v) is 5.23. The molecule has 1 saturated carbocycles. The maximum atomic E-state index is 11.1. The second kappa shape index (κ2) is 3.23. The summed E-state index contributed by atoms with van der Waals surface area (Å²) in [6.07, 6.45) is 3.91. The van der Waals surface area contributed by atoms with Crippen molar-refractivity contribution < 1.29 is 4.79 Å². The van der Waals surface area contributed by atoms with Crippen LogP contribution in [-0.4, -0.2) is 5.78 Å². The Hall–Kier alpha value is -1.11. The van der Waals surface area contributed by atoms with E-state index in [1.54, 1.807) is 6.92 Å². The lowest BCUT2D eigenvalue weighted by Crippen LogP contribution is -2.30. The van der Waals surface area contributed by atoms with E-state index >= 15 is 0 Å². The summed E-state index contributed by atoms with van der Waals surface area (Å²) in [7, 11) is 0. The van der Waals surface area contributed by atoms with Crippen LogP contribution < -0.4 is 0 Å². The smallest absolute Gasteiger partial charge is 0.159 e. The van der Waals surface area contributed by atoms with E-state index in [0.717, 1.165) is 5.56 Å². The molecule has 0 N–H and O–H groups in total. The molecule has 0 radical (unpaired) electrons. The fourth-order valence-corrected chi connectivity index (χ4v) is 2.10. The van der Waals surface area contributed by atoms with Crippen molar-refractivity contribution in [2.45, 2.75) is 38.5 Å². The van der Waals surface area contributed by atoms with E-state index in [0.29, 0.717) is 5.41 Å². The van der Waals surface area contributed by atoms with E-state index < -0.39 is 0 Å². The number of Topliss-reactive ketones (excluding diaryl/α,β-unsaturated/α-hetero) is 1. The molecule has 0 spiro atoms. The molecule has 0 atom stereocenters. The standard InChI is InChI=1S/C13H16O/c1-10(14)11-4-6-12(7-5-11)13(2)8-3-9-13/h4-7H,3,8-9H2,1-2H3. The number of benzene rings is 1. The van der Waals surface area contributed by atoms with Crippen LogP contribution >= 0.6 is 0 Å². The minimum Gasteiger partial charge on any atom is -0.295 e. The van der Waals surface area contributed by atoms with Gasteiger partial charge in [-0.3, -0.25) is 4.79 Å². The molecule has 74 valence electrons. The van der Waals surface area contributed by atoms with Gasteiger partial charge in [0.1, 0.15) is 0 Å². The van der Waals surface area contributed by atoms with Crippen molar-refractivity contribution >= 4 is 5.78 Å². The van der Waals surface area contributed by atoms with Crippen molar-refractivity contribution in [2.75, 3.05) is 0 Å². The molecule has 1 fully saturated rings. The minimum absolute atomic E-state index is 0.148. The van der Waals surface area contributed by atoms with Crippen LogP contribution in [0.1, 0.15) is 49.0 Å². The zero-order valence-corrected chi connectivity index (χ0v) is 8.84. The topological polar surface area (TPSA) is 17.1 Å². The summed E-state index contributed by atoms with van der Waals surface area (Å²) in [6.45, 7) is 3.92. The largest absolute Gasteiger partial charge is 0.295 e. The first-order valence-electron chi connectivity index (χ1n) is 5.23. The Morgan fingerprint density at radius 1 is 1.21 bits per heavy atom. The van der Waals surface area contributed by atoms with Crippen LogP contribution in [0, 0.1) is 0 Å². The molecule has 1 aromatic rings. The monoisotopic (exact) mass is 188 g/mol. The zero-order chi connectivity index (χ0) is 10.2. The van der Waals surface area contributed by atoms with Crippen LogP contribution in [-0.2, 0) is 5.41 Å². The first-order chi connectivity index (χ1) is 6.62. The van der Waals surface area contributed by atoms with E-state index in [-0.39, 0.29) is 5.78 Å². The molecule has 1 aliphatic rings. The Kier molecular flexibility index (Phi) is 2.18. The highest BCUT2D eigenvalue weighted by atomic mass is 16.1. The molecule has 2 rings (SSSR count). The lowest BCUT2D eigenvalue weighted by atomic mass is 9.66. The maximum absolute atomic E-state index is 11.1. The van der Waals surface area contributed by atoms with Crippen molar-refractivity contribution in [3.63, 3.8) is 0 Å². The van der Waals surface area contributed by atoms with Crippen LogP contribution in [0.5, 0.6) is 0 Å². The van der Waals surface area contributed by atoms with Crippen molar-refractivity contribution in [2.24, 2.45) is 0 Å². The Bertz CT molecular complexity index is 344.